The first-order valence-electron chi connectivity index (χ1n) is 6.40. The van der Waals surface area contributed by atoms with E-state index in [1.807, 2.05) is 30.3 Å². The molecule has 94 valence electrons. The fourth-order valence-electron chi connectivity index (χ4n) is 2.04. The summed E-state index contributed by atoms with van der Waals surface area (Å²) in [5.41, 5.74) is 8.97. The summed E-state index contributed by atoms with van der Waals surface area (Å²) in [5, 5.41) is 3.46. The van der Waals surface area contributed by atoms with Crippen LogP contribution in [0.4, 0.5) is 11.4 Å². The lowest BCUT2D eigenvalue weighted by molar-refractivity contribution is 0.681. The van der Waals surface area contributed by atoms with Gasteiger partial charge in [0.15, 0.2) is 0 Å². The van der Waals surface area contributed by atoms with Crippen molar-refractivity contribution in [1.82, 2.24) is 0 Å². The van der Waals surface area contributed by atoms with E-state index in [0.717, 1.165) is 5.69 Å². The van der Waals surface area contributed by atoms with Crippen molar-refractivity contribution in [2.75, 3.05) is 11.1 Å². The predicted molar refractivity (Wildman–Crippen MR) is 78.7 cm³/mol. The first kappa shape index (κ1) is 12.5. The van der Waals surface area contributed by atoms with E-state index in [0.29, 0.717) is 6.04 Å². The van der Waals surface area contributed by atoms with Gasteiger partial charge < -0.3 is 11.1 Å². The van der Waals surface area contributed by atoms with Crippen molar-refractivity contribution in [3.8, 4) is 0 Å². The maximum atomic E-state index is 5.36. The van der Waals surface area contributed by atoms with E-state index in [1.165, 1.54) is 24.1 Å². The number of aryl methyl sites for hydroxylation is 1. The van der Waals surface area contributed by atoms with Crippen LogP contribution in [0.15, 0.2) is 54.6 Å². The molecule has 3 rings (SSSR count). The normalized spacial score (nSPS) is 16.8. The number of para-hydroxylation sites is 2. The fraction of sp³-hybridized carbons (Fsp3) is 0.250. The van der Waals surface area contributed by atoms with Gasteiger partial charge in [-0.05, 0) is 43.5 Å². The zero-order valence-electron chi connectivity index (χ0n) is 10.8. The summed E-state index contributed by atoms with van der Waals surface area (Å²) >= 11 is 0. The predicted octanol–water partition coefficient (Wildman–Crippen LogP) is 3.70. The number of nitrogens with one attached hydrogen (secondary N) is 1. The largest absolute Gasteiger partial charge is 0.399 e. The number of nitrogens with two attached hydrogens (primary N) is 1. The summed E-state index contributed by atoms with van der Waals surface area (Å²) < 4.78 is 0. The Balaban J connectivity index is 0.000000149. The molecule has 1 atom stereocenters. The Morgan fingerprint density at radius 2 is 1.67 bits per heavy atom. The Kier molecular flexibility index (Phi) is 4.24. The Bertz CT molecular complexity index is 479. The first-order valence-corrected chi connectivity index (χ1v) is 6.40. The third kappa shape index (κ3) is 3.52. The van der Waals surface area contributed by atoms with Gasteiger partial charge in [-0.25, -0.2) is 0 Å². The molecule has 3 N–H and O–H groups in total. The molecular formula is C16H20N2. The third-order valence-electron chi connectivity index (χ3n) is 3.07. The molecule has 0 spiro atoms. The van der Waals surface area contributed by atoms with Crippen molar-refractivity contribution < 1.29 is 0 Å². The molecule has 0 saturated heterocycles. The molecule has 0 aromatic heterocycles. The van der Waals surface area contributed by atoms with Crippen LogP contribution in [0.3, 0.4) is 0 Å². The fourth-order valence-corrected chi connectivity index (χ4v) is 2.04. The van der Waals surface area contributed by atoms with Crippen LogP contribution in [-0.2, 0) is 6.42 Å². The maximum absolute atomic E-state index is 5.36. The second-order valence-corrected chi connectivity index (χ2v) is 4.65. The molecule has 1 aliphatic heterocycles. The zero-order chi connectivity index (χ0) is 12.8. The van der Waals surface area contributed by atoms with Crippen LogP contribution in [0.5, 0.6) is 0 Å². The number of rotatable bonds is 0. The lowest BCUT2D eigenvalue weighted by atomic mass is 9.99. The highest BCUT2D eigenvalue weighted by molar-refractivity contribution is 5.53. The van der Waals surface area contributed by atoms with Crippen LogP contribution in [-0.4, -0.2) is 6.04 Å². The second-order valence-electron chi connectivity index (χ2n) is 4.65. The van der Waals surface area contributed by atoms with Crippen molar-refractivity contribution in [3.05, 3.63) is 60.2 Å². The molecule has 0 saturated carbocycles. The van der Waals surface area contributed by atoms with Crippen LogP contribution >= 0.6 is 0 Å². The minimum Gasteiger partial charge on any atom is -0.399 e. The highest BCUT2D eigenvalue weighted by atomic mass is 14.9. The van der Waals surface area contributed by atoms with Crippen LogP contribution < -0.4 is 11.1 Å². The maximum Gasteiger partial charge on any atom is 0.0374 e. The van der Waals surface area contributed by atoms with E-state index in [4.69, 9.17) is 5.73 Å². The van der Waals surface area contributed by atoms with E-state index in [1.54, 1.807) is 0 Å². The SMILES string of the molecule is C[C@@H]1CCc2ccccc2N1.Nc1ccccc1. The van der Waals surface area contributed by atoms with Crippen LogP contribution in [0.25, 0.3) is 0 Å². The van der Waals surface area contributed by atoms with Crippen LogP contribution in [0.2, 0.25) is 0 Å². The zero-order valence-corrected chi connectivity index (χ0v) is 10.8. The number of fused-ring (bicyclic) bond motifs is 1. The Morgan fingerprint density at radius 1 is 1.00 bits per heavy atom. The van der Waals surface area contributed by atoms with E-state index in [2.05, 4.69) is 36.5 Å². The Labute approximate surface area is 109 Å². The quantitative estimate of drug-likeness (QED) is 0.689. The average Bonchev–Trinajstić information content (AvgIpc) is 2.40. The van der Waals surface area contributed by atoms with Gasteiger partial charge in [0.1, 0.15) is 0 Å². The molecule has 1 aliphatic rings. The Morgan fingerprint density at radius 3 is 2.33 bits per heavy atom. The molecule has 2 aromatic carbocycles. The topological polar surface area (TPSA) is 38.0 Å². The lowest BCUT2D eigenvalue weighted by Gasteiger charge is -2.23. The first-order chi connectivity index (χ1) is 8.75. The van der Waals surface area contributed by atoms with E-state index >= 15 is 0 Å². The monoisotopic (exact) mass is 240 g/mol. The molecule has 18 heavy (non-hydrogen) atoms. The summed E-state index contributed by atoms with van der Waals surface area (Å²) in [6.45, 7) is 2.23. The number of hydrogen-bond donors (Lipinski definition) is 2. The summed E-state index contributed by atoms with van der Waals surface area (Å²) in [7, 11) is 0. The molecule has 0 unspecified atom stereocenters. The minimum atomic E-state index is 0.643. The van der Waals surface area contributed by atoms with Gasteiger partial charge in [-0.1, -0.05) is 36.4 Å². The Hall–Kier alpha value is -1.96. The average molecular weight is 240 g/mol. The second kappa shape index (κ2) is 6.10. The number of anilines is 2. The molecule has 2 nitrogen and oxygen atoms in total. The summed E-state index contributed by atoms with van der Waals surface area (Å²) in [6, 6.07) is 18.7. The van der Waals surface area contributed by atoms with Crippen LogP contribution in [0.1, 0.15) is 18.9 Å². The molecule has 1 heterocycles. The van der Waals surface area contributed by atoms with E-state index in [9.17, 15) is 0 Å². The van der Waals surface area contributed by atoms with Gasteiger partial charge in [-0.3, -0.25) is 0 Å². The van der Waals surface area contributed by atoms with E-state index in [-0.39, 0.29) is 0 Å². The van der Waals surface area contributed by atoms with Crippen molar-refractivity contribution in [2.24, 2.45) is 0 Å². The number of benzene rings is 2. The van der Waals surface area contributed by atoms with Gasteiger partial charge in [0.05, 0.1) is 0 Å². The minimum absolute atomic E-state index is 0.643. The highest BCUT2D eigenvalue weighted by Gasteiger charge is 2.11. The smallest absolute Gasteiger partial charge is 0.0374 e. The van der Waals surface area contributed by atoms with Crippen molar-refractivity contribution in [1.29, 1.82) is 0 Å². The van der Waals surface area contributed by atoms with Crippen molar-refractivity contribution in [3.63, 3.8) is 0 Å². The van der Waals surface area contributed by atoms with Gasteiger partial charge in [-0.15, -0.1) is 0 Å². The lowest BCUT2D eigenvalue weighted by Crippen LogP contribution is -2.21. The molecular weight excluding hydrogens is 220 g/mol. The van der Waals surface area contributed by atoms with Crippen molar-refractivity contribution in [2.45, 2.75) is 25.8 Å². The van der Waals surface area contributed by atoms with Gasteiger partial charge in [-0.2, -0.15) is 0 Å². The highest BCUT2D eigenvalue weighted by Crippen LogP contribution is 2.23. The van der Waals surface area contributed by atoms with Crippen molar-refractivity contribution >= 4 is 11.4 Å². The molecule has 0 amide bonds. The summed E-state index contributed by atoms with van der Waals surface area (Å²) in [6.07, 6.45) is 2.49. The molecule has 0 fully saturated rings. The molecule has 0 aliphatic carbocycles. The summed E-state index contributed by atoms with van der Waals surface area (Å²) in [4.78, 5) is 0. The van der Waals surface area contributed by atoms with Crippen LogP contribution in [0, 0.1) is 0 Å². The standard InChI is InChI=1S/C10H13N.C6H7N/c1-8-6-7-9-4-2-3-5-10(9)11-8;7-6-4-2-1-3-5-6/h2-5,8,11H,6-7H2,1H3;1-5H,7H2/t8-;/m1./s1. The molecule has 0 radical (unpaired) electrons. The van der Waals surface area contributed by atoms with Gasteiger partial charge >= 0.3 is 0 Å². The number of hydrogen-bond acceptors (Lipinski definition) is 2. The molecule has 2 heteroatoms. The van der Waals surface area contributed by atoms with E-state index < -0.39 is 0 Å². The van der Waals surface area contributed by atoms with Gasteiger partial charge in [0.25, 0.3) is 0 Å². The third-order valence-corrected chi connectivity index (χ3v) is 3.07. The molecule has 0 bridgehead atoms. The van der Waals surface area contributed by atoms with Gasteiger partial charge in [0, 0.05) is 17.4 Å². The molecule has 2 aromatic rings. The van der Waals surface area contributed by atoms with Gasteiger partial charge in [0.2, 0.25) is 0 Å². The number of nitrogen functional groups attached to an aromatic ring is 1. The summed E-state index contributed by atoms with van der Waals surface area (Å²) in [5.74, 6) is 0.